The maximum Gasteiger partial charge on any atom is 0.305 e. The number of nitrogens with two attached hydrogens (primary N) is 1. The standard InChI is InChI=1S/C35H40N4O11/c1-5-39(14-16-9-7-6-8-10-16)19(13-20(40)41)34(49)37-18-12-11-17-15(2)21-23(28(43)22(17)27(18)42)31(46)35(50)25(29(21)44)26(38(3)4)30(45)24(32(35)47)33(36)48/h6-12,15,19,21,25-26,29,42,44-46,50H,5,13-14H2,1-4H3,(H2,36,48)(H,37,49)(H,40,41)/t15?,19-,21?,25?,26?,29?,35?/m0/s1. The first-order chi connectivity index (χ1) is 23.5. The van der Waals surface area contributed by atoms with E-state index in [0.29, 0.717) is 6.54 Å². The summed E-state index contributed by atoms with van der Waals surface area (Å²) < 4.78 is 0. The van der Waals surface area contributed by atoms with Crippen molar-refractivity contribution in [1.82, 2.24) is 9.80 Å². The van der Waals surface area contributed by atoms with Crippen LogP contribution >= 0.6 is 0 Å². The third-order valence-electron chi connectivity index (χ3n) is 10.1. The fraction of sp³-hybridized carbons (Fsp3) is 0.400. The normalized spacial score (nSPS) is 26.8. The smallest absolute Gasteiger partial charge is 0.305 e. The highest BCUT2D eigenvalue weighted by atomic mass is 16.4. The van der Waals surface area contributed by atoms with Gasteiger partial charge in [-0.2, -0.15) is 0 Å². The number of phenolic OH excluding ortho intramolecular Hbond substituents is 1. The Hall–Kier alpha value is -5.09. The Labute approximate surface area is 286 Å². The van der Waals surface area contributed by atoms with Crippen LogP contribution in [-0.2, 0) is 25.7 Å². The molecule has 0 aromatic heterocycles. The van der Waals surface area contributed by atoms with E-state index in [0.717, 1.165) is 5.56 Å². The minimum atomic E-state index is -3.07. The molecule has 0 spiro atoms. The molecular formula is C35H40N4O11. The van der Waals surface area contributed by atoms with Crippen LogP contribution in [0.1, 0.15) is 47.7 Å². The van der Waals surface area contributed by atoms with Crippen molar-refractivity contribution >= 4 is 35.0 Å². The molecule has 0 fully saturated rings. The highest BCUT2D eigenvalue weighted by Gasteiger charge is 2.67. The number of carbonyl (C=O) groups excluding carboxylic acids is 4. The van der Waals surface area contributed by atoms with E-state index in [9.17, 15) is 54.6 Å². The molecule has 3 aliphatic carbocycles. The van der Waals surface area contributed by atoms with E-state index in [-0.39, 0.29) is 17.8 Å². The Morgan fingerprint density at radius 2 is 1.68 bits per heavy atom. The number of aliphatic hydroxyl groups is 4. The zero-order valence-electron chi connectivity index (χ0n) is 27.8. The van der Waals surface area contributed by atoms with Crippen molar-refractivity contribution in [2.45, 2.75) is 56.5 Å². The molecule has 3 aliphatic rings. The number of phenols is 1. The number of ketones is 2. The number of Topliss-reactive ketones (excluding diaryl/α,β-unsaturated/α-hetero) is 2. The first-order valence-electron chi connectivity index (χ1n) is 16.0. The highest BCUT2D eigenvalue weighted by Crippen LogP contribution is 2.56. The Balaban J connectivity index is 1.57. The molecule has 15 nitrogen and oxygen atoms in total. The molecule has 0 aliphatic heterocycles. The van der Waals surface area contributed by atoms with Crippen LogP contribution in [0.15, 0.2) is 65.1 Å². The number of aliphatic hydroxyl groups excluding tert-OH is 3. The van der Waals surface area contributed by atoms with Gasteiger partial charge in [0.25, 0.3) is 5.91 Å². The molecule has 0 saturated heterocycles. The summed E-state index contributed by atoms with van der Waals surface area (Å²) in [5.41, 5.74) is 1.08. The predicted molar refractivity (Wildman–Crippen MR) is 177 cm³/mol. The summed E-state index contributed by atoms with van der Waals surface area (Å²) in [5.74, 6) is -12.5. The molecule has 50 heavy (non-hydrogen) atoms. The van der Waals surface area contributed by atoms with Crippen LogP contribution in [0.2, 0.25) is 0 Å². The summed E-state index contributed by atoms with van der Waals surface area (Å²) in [7, 11) is 2.89. The molecule has 2 aromatic carbocycles. The Bertz CT molecular complexity index is 1840. The van der Waals surface area contributed by atoms with E-state index in [4.69, 9.17) is 5.73 Å². The third kappa shape index (κ3) is 5.61. The summed E-state index contributed by atoms with van der Waals surface area (Å²) >= 11 is 0. The van der Waals surface area contributed by atoms with Gasteiger partial charge in [0.15, 0.2) is 17.1 Å². The number of anilines is 1. The van der Waals surface area contributed by atoms with E-state index in [1.165, 1.54) is 31.1 Å². The van der Waals surface area contributed by atoms with Gasteiger partial charge in [0.2, 0.25) is 11.7 Å². The summed E-state index contributed by atoms with van der Waals surface area (Å²) in [6, 6.07) is 9.26. The Morgan fingerprint density at radius 3 is 2.24 bits per heavy atom. The number of hydrogen-bond donors (Lipinski definition) is 8. The van der Waals surface area contributed by atoms with Gasteiger partial charge in [-0.05, 0) is 43.8 Å². The molecule has 9 N–H and O–H groups in total. The number of aromatic hydroxyl groups is 1. The summed E-state index contributed by atoms with van der Waals surface area (Å²) in [5, 5.41) is 69.8. The summed E-state index contributed by atoms with van der Waals surface area (Å²) in [4.78, 5) is 68.5. The van der Waals surface area contributed by atoms with Crippen LogP contribution in [-0.4, -0.2) is 114 Å². The van der Waals surface area contributed by atoms with Crippen molar-refractivity contribution in [3.05, 3.63) is 81.8 Å². The molecule has 0 radical (unpaired) electrons. The van der Waals surface area contributed by atoms with Gasteiger partial charge >= 0.3 is 5.97 Å². The second-order valence-corrected chi connectivity index (χ2v) is 13.1. The number of nitrogens with zero attached hydrogens (tertiary/aromatic N) is 2. The van der Waals surface area contributed by atoms with E-state index in [1.54, 1.807) is 18.7 Å². The molecule has 2 amide bonds. The SMILES string of the molecule is CCN(Cc1ccccc1)[C@@H](CC(=O)O)C(=O)Nc1ccc2c(c1O)C(=O)C1=C(O)C3(O)C(=O)C(C(N)=O)=C(O)C(N(C)C)C3C(O)C1C2C. The van der Waals surface area contributed by atoms with Gasteiger partial charge in [0.1, 0.15) is 23.1 Å². The van der Waals surface area contributed by atoms with Crippen molar-refractivity contribution < 1.29 is 54.6 Å². The van der Waals surface area contributed by atoms with Crippen LogP contribution in [0.5, 0.6) is 5.75 Å². The highest BCUT2D eigenvalue weighted by molar-refractivity contribution is 6.25. The number of carboxylic acids is 1. The fourth-order valence-electron chi connectivity index (χ4n) is 7.75. The topological polar surface area (TPSA) is 251 Å². The van der Waals surface area contributed by atoms with Gasteiger partial charge < -0.3 is 41.7 Å². The number of aliphatic carboxylic acids is 1. The Kier molecular flexibility index (Phi) is 9.64. The van der Waals surface area contributed by atoms with E-state index >= 15 is 0 Å². The molecule has 15 heteroatoms. The molecule has 7 atom stereocenters. The number of fused-ring (bicyclic) bond motifs is 3. The van der Waals surface area contributed by atoms with Crippen LogP contribution in [0.3, 0.4) is 0 Å². The number of rotatable bonds is 10. The molecule has 0 bridgehead atoms. The molecule has 2 aromatic rings. The lowest BCUT2D eigenvalue weighted by atomic mass is 9.55. The monoisotopic (exact) mass is 692 g/mol. The maximum atomic E-state index is 14.2. The van der Waals surface area contributed by atoms with Crippen molar-refractivity contribution in [3.63, 3.8) is 0 Å². The van der Waals surface area contributed by atoms with Gasteiger partial charge in [-0.3, -0.25) is 33.8 Å². The first kappa shape index (κ1) is 36.2. The van der Waals surface area contributed by atoms with Gasteiger partial charge in [-0.15, -0.1) is 0 Å². The van der Waals surface area contributed by atoms with Crippen molar-refractivity contribution in [1.29, 1.82) is 0 Å². The van der Waals surface area contributed by atoms with Gasteiger partial charge in [-0.1, -0.05) is 50.2 Å². The number of amides is 2. The lowest BCUT2D eigenvalue weighted by molar-refractivity contribution is -0.162. The van der Waals surface area contributed by atoms with Crippen LogP contribution in [0, 0.1) is 11.8 Å². The molecule has 0 saturated carbocycles. The number of carboxylic acid groups (broad SMARTS) is 1. The minimum Gasteiger partial charge on any atom is -0.510 e. The van der Waals surface area contributed by atoms with Gasteiger partial charge in [0, 0.05) is 18.0 Å². The predicted octanol–water partition coefficient (Wildman–Crippen LogP) is 0.956. The van der Waals surface area contributed by atoms with Gasteiger partial charge in [0.05, 0.1) is 35.7 Å². The van der Waals surface area contributed by atoms with E-state index in [1.807, 2.05) is 30.3 Å². The molecule has 266 valence electrons. The number of nitrogens with one attached hydrogen (secondary N) is 1. The van der Waals surface area contributed by atoms with E-state index < -0.39 is 111 Å². The lowest BCUT2D eigenvalue weighted by Crippen LogP contribution is -2.68. The number of carbonyl (C=O) groups is 5. The number of benzene rings is 2. The maximum absolute atomic E-state index is 14.2. The molecule has 0 heterocycles. The van der Waals surface area contributed by atoms with E-state index in [2.05, 4.69) is 5.32 Å². The zero-order chi connectivity index (χ0) is 37.0. The van der Waals surface area contributed by atoms with Gasteiger partial charge in [-0.25, -0.2) is 0 Å². The average Bonchev–Trinajstić information content (AvgIpc) is 3.05. The summed E-state index contributed by atoms with van der Waals surface area (Å²) in [6.07, 6.45) is -2.33. The molecule has 6 unspecified atom stereocenters. The second kappa shape index (κ2) is 13.3. The van der Waals surface area contributed by atoms with Crippen molar-refractivity contribution in [3.8, 4) is 5.75 Å². The average molecular weight is 693 g/mol. The van der Waals surface area contributed by atoms with Crippen LogP contribution in [0.4, 0.5) is 5.69 Å². The fourth-order valence-corrected chi connectivity index (χ4v) is 7.75. The van der Waals surface area contributed by atoms with Crippen molar-refractivity contribution in [2.75, 3.05) is 26.0 Å². The Morgan fingerprint density at radius 1 is 1.04 bits per heavy atom. The lowest BCUT2D eigenvalue weighted by Gasteiger charge is -2.53. The zero-order valence-corrected chi connectivity index (χ0v) is 27.8. The number of hydrogen-bond acceptors (Lipinski definition) is 12. The van der Waals surface area contributed by atoms with Crippen LogP contribution in [0.25, 0.3) is 0 Å². The summed E-state index contributed by atoms with van der Waals surface area (Å²) in [6.45, 7) is 3.88. The molecule has 5 rings (SSSR count). The minimum absolute atomic E-state index is 0.207. The second-order valence-electron chi connectivity index (χ2n) is 13.1. The number of primary amides is 1. The van der Waals surface area contributed by atoms with Crippen LogP contribution < -0.4 is 11.1 Å². The molecular weight excluding hydrogens is 652 g/mol. The van der Waals surface area contributed by atoms with Crippen molar-refractivity contribution in [2.24, 2.45) is 17.6 Å². The quantitative estimate of drug-likeness (QED) is 0.128. The largest absolute Gasteiger partial charge is 0.510 e. The third-order valence-corrected chi connectivity index (χ3v) is 10.1. The number of likely N-dealkylation sites (N-methyl/N-ethyl adjacent to an activating group) is 2. The first-order valence-corrected chi connectivity index (χ1v) is 16.0.